The molecular formula is C16H19Br2NS. The van der Waals surface area contributed by atoms with E-state index in [0.29, 0.717) is 0 Å². The second-order valence-electron chi connectivity index (χ2n) is 4.77. The van der Waals surface area contributed by atoms with Crippen LogP contribution in [0.1, 0.15) is 43.0 Å². The van der Waals surface area contributed by atoms with Crippen LogP contribution in [0.15, 0.2) is 37.9 Å². The summed E-state index contributed by atoms with van der Waals surface area (Å²) in [4.78, 5) is 0. The molecule has 1 aromatic carbocycles. The van der Waals surface area contributed by atoms with Crippen LogP contribution in [0.5, 0.6) is 0 Å². The zero-order chi connectivity index (χ0) is 14.5. The van der Waals surface area contributed by atoms with Gasteiger partial charge in [-0.05, 0) is 67.6 Å². The van der Waals surface area contributed by atoms with Crippen molar-refractivity contribution in [3.05, 3.63) is 54.6 Å². The van der Waals surface area contributed by atoms with Crippen molar-refractivity contribution >= 4 is 43.2 Å². The first-order valence-corrected chi connectivity index (χ1v) is 9.32. The number of hydrogen-bond donors (Lipinski definition) is 1. The summed E-state index contributed by atoms with van der Waals surface area (Å²) in [5.74, 6) is 0. The maximum atomic E-state index is 3.68. The van der Waals surface area contributed by atoms with Crippen LogP contribution in [0.3, 0.4) is 0 Å². The zero-order valence-electron chi connectivity index (χ0n) is 11.7. The standard InChI is InChI=1S/C16H19Br2NS/c1-3-6-11-7-5-8-12(9-11)15(19-4-2)13-10-14(17)20-16(13)18/h5,7-10,15,19H,3-4,6H2,1-2H3. The first-order chi connectivity index (χ1) is 9.65. The van der Waals surface area contributed by atoms with Gasteiger partial charge in [-0.2, -0.15) is 0 Å². The highest BCUT2D eigenvalue weighted by atomic mass is 79.9. The molecule has 1 aromatic heterocycles. The van der Waals surface area contributed by atoms with E-state index in [-0.39, 0.29) is 6.04 Å². The lowest BCUT2D eigenvalue weighted by Crippen LogP contribution is -2.22. The molecular weight excluding hydrogens is 398 g/mol. The molecule has 0 fully saturated rings. The number of benzene rings is 1. The topological polar surface area (TPSA) is 12.0 Å². The SMILES string of the molecule is CCCc1cccc(C(NCC)c2cc(Br)sc2Br)c1. The second-order valence-corrected chi connectivity index (χ2v) is 8.51. The molecule has 2 aromatic rings. The second kappa shape index (κ2) is 7.74. The van der Waals surface area contributed by atoms with Crippen LogP contribution >= 0.6 is 43.2 Å². The normalized spacial score (nSPS) is 12.6. The first-order valence-electron chi connectivity index (χ1n) is 6.92. The van der Waals surface area contributed by atoms with E-state index in [1.54, 1.807) is 11.3 Å². The molecule has 0 saturated heterocycles. The Hall–Kier alpha value is -0.160. The molecule has 1 unspecified atom stereocenters. The van der Waals surface area contributed by atoms with Gasteiger partial charge in [0.05, 0.1) is 13.6 Å². The third kappa shape index (κ3) is 3.94. The molecule has 1 N–H and O–H groups in total. The van der Waals surface area contributed by atoms with E-state index in [4.69, 9.17) is 0 Å². The number of thiophene rings is 1. The van der Waals surface area contributed by atoms with Crippen LogP contribution in [-0.4, -0.2) is 6.54 Å². The zero-order valence-corrected chi connectivity index (χ0v) is 15.7. The Morgan fingerprint density at radius 2 is 2.00 bits per heavy atom. The molecule has 4 heteroatoms. The van der Waals surface area contributed by atoms with Crippen molar-refractivity contribution in [2.75, 3.05) is 6.54 Å². The predicted molar refractivity (Wildman–Crippen MR) is 95.7 cm³/mol. The van der Waals surface area contributed by atoms with Gasteiger partial charge in [0.25, 0.3) is 0 Å². The van der Waals surface area contributed by atoms with Crippen molar-refractivity contribution in [3.63, 3.8) is 0 Å². The van der Waals surface area contributed by atoms with E-state index >= 15 is 0 Å². The Bertz CT molecular complexity index is 565. The highest BCUT2D eigenvalue weighted by Crippen LogP contribution is 2.38. The summed E-state index contributed by atoms with van der Waals surface area (Å²) in [7, 11) is 0. The summed E-state index contributed by atoms with van der Waals surface area (Å²) in [5.41, 5.74) is 4.06. The summed E-state index contributed by atoms with van der Waals surface area (Å²) >= 11 is 8.98. The van der Waals surface area contributed by atoms with Gasteiger partial charge < -0.3 is 5.32 Å². The van der Waals surface area contributed by atoms with Gasteiger partial charge in [-0.1, -0.05) is 44.5 Å². The molecule has 0 saturated carbocycles. The lowest BCUT2D eigenvalue weighted by Gasteiger charge is -2.19. The molecule has 2 rings (SSSR count). The Balaban J connectivity index is 2.37. The van der Waals surface area contributed by atoms with Crippen molar-refractivity contribution < 1.29 is 0 Å². The number of halogens is 2. The quantitative estimate of drug-likeness (QED) is 0.615. The summed E-state index contributed by atoms with van der Waals surface area (Å²) in [6, 6.07) is 11.4. The van der Waals surface area contributed by atoms with Gasteiger partial charge in [0.15, 0.2) is 0 Å². The average molecular weight is 417 g/mol. The lowest BCUT2D eigenvalue weighted by atomic mass is 9.98. The molecule has 1 atom stereocenters. The van der Waals surface area contributed by atoms with E-state index in [1.165, 1.54) is 26.9 Å². The minimum Gasteiger partial charge on any atom is -0.306 e. The van der Waals surface area contributed by atoms with Crippen molar-refractivity contribution in [2.45, 2.75) is 32.7 Å². The van der Waals surface area contributed by atoms with Crippen molar-refractivity contribution in [1.29, 1.82) is 0 Å². The molecule has 1 nitrogen and oxygen atoms in total. The number of aryl methyl sites for hydroxylation is 1. The van der Waals surface area contributed by atoms with E-state index in [2.05, 4.69) is 81.4 Å². The summed E-state index contributed by atoms with van der Waals surface area (Å²) < 4.78 is 2.35. The van der Waals surface area contributed by atoms with Gasteiger partial charge in [-0.25, -0.2) is 0 Å². The number of nitrogens with one attached hydrogen (secondary N) is 1. The summed E-state index contributed by atoms with van der Waals surface area (Å²) in [5, 5.41) is 3.59. The molecule has 1 heterocycles. The van der Waals surface area contributed by atoms with E-state index in [9.17, 15) is 0 Å². The highest BCUT2D eigenvalue weighted by Gasteiger charge is 2.18. The van der Waals surface area contributed by atoms with Crippen LogP contribution in [0.4, 0.5) is 0 Å². The third-order valence-corrected chi connectivity index (χ3v) is 5.61. The molecule has 0 amide bonds. The predicted octanol–water partition coefficient (Wildman–Crippen LogP) is 5.92. The molecule has 20 heavy (non-hydrogen) atoms. The van der Waals surface area contributed by atoms with Gasteiger partial charge in [-0.15, -0.1) is 11.3 Å². The van der Waals surface area contributed by atoms with Gasteiger partial charge in [0, 0.05) is 0 Å². The molecule has 108 valence electrons. The summed E-state index contributed by atoms with van der Waals surface area (Å²) in [6.45, 7) is 5.32. The van der Waals surface area contributed by atoms with E-state index < -0.39 is 0 Å². The van der Waals surface area contributed by atoms with Crippen LogP contribution in [0, 0.1) is 0 Å². The maximum absolute atomic E-state index is 3.68. The van der Waals surface area contributed by atoms with Gasteiger partial charge in [-0.3, -0.25) is 0 Å². The molecule has 0 bridgehead atoms. The number of rotatable bonds is 6. The van der Waals surface area contributed by atoms with E-state index in [0.717, 1.165) is 16.8 Å². The minimum atomic E-state index is 0.244. The molecule has 0 spiro atoms. The Morgan fingerprint density at radius 3 is 2.60 bits per heavy atom. The fraction of sp³-hybridized carbons (Fsp3) is 0.375. The van der Waals surface area contributed by atoms with Crippen LogP contribution < -0.4 is 5.32 Å². The van der Waals surface area contributed by atoms with Crippen molar-refractivity contribution in [3.8, 4) is 0 Å². The smallest absolute Gasteiger partial charge is 0.0761 e. The minimum absolute atomic E-state index is 0.244. The summed E-state index contributed by atoms with van der Waals surface area (Å²) in [6.07, 6.45) is 2.32. The fourth-order valence-electron chi connectivity index (χ4n) is 2.38. The molecule has 0 aliphatic carbocycles. The van der Waals surface area contributed by atoms with Gasteiger partial charge in [0.2, 0.25) is 0 Å². The fourth-order valence-corrected chi connectivity index (χ4v) is 5.28. The monoisotopic (exact) mass is 415 g/mol. The van der Waals surface area contributed by atoms with Crippen molar-refractivity contribution in [1.82, 2.24) is 5.32 Å². The first kappa shape index (κ1) is 16.2. The third-order valence-electron chi connectivity index (χ3n) is 3.23. The van der Waals surface area contributed by atoms with Crippen molar-refractivity contribution in [2.24, 2.45) is 0 Å². The highest BCUT2D eigenvalue weighted by molar-refractivity contribution is 9.12. The van der Waals surface area contributed by atoms with Crippen LogP contribution in [0.2, 0.25) is 0 Å². The largest absolute Gasteiger partial charge is 0.306 e. The Labute approximate surface area is 142 Å². The Morgan fingerprint density at radius 1 is 1.20 bits per heavy atom. The molecule has 0 aliphatic rings. The number of hydrogen-bond acceptors (Lipinski definition) is 2. The van der Waals surface area contributed by atoms with Crippen LogP contribution in [-0.2, 0) is 6.42 Å². The molecule has 0 aliphatic heterocycles. The lowest BCUT2D eigenvalue weighted by molar-refractivity contribution is 0.629. The molecule has 0 radical (unpaired) electrons. The van der Waals surface area contributed by atoms with Gasteiger partial charge >= 0.3 is 0 Å². The van der Waals surface area contributed by atoms with Crippen LogP contribution in [0.25, 0.3) is 0 Å². The Kier molecular flexibility index (Phi) is 6.27. The maximum Gasteiger partial charge on any atom is 0.0761 e. The van der Waals surface area contributed by atoms with E-state index in [1.807, 2.05) is 0 Å². The average Bonchev–Trinajstić information content (AvgIpc) is 2.75. The van der Waals surface area contributed by atoms with Gasteiger partial charge in [0.1, 0.15) is 0 Å².